The van der Waals surface area contributed by atoms with Crippen molar-refractivity contribution in [1.29, 1.82) is 0 Å². The Morgan fingerprint density at radius 1 is 0.789 bits per heavy atom. The van der Waals surface area contributed by atoms with Crippen molar-refractivity contribution in [3.8, 4) is 0 Å². The molecule has 2 aliphatic rings. The second-order valence-electron chi connectivity index (χ2n) is 4.90. The van der Waals surface area contributed by atoms with Gasteiger partial charge in [-0.1, -0.05) is 42.5 Å². The molecule has 92 valence electrons. The van der Waals surface area contributed by atoms with Crippen LogP contribution in [-0.2, 0) is 11.2 Å². The molecule has 0 spiro atoms. The minimum Gasteiger partial charge on any atom is -0.422 e. The lowest BCUT2D eigenvalue weighted by Crippen LogP contribution is -1.93. The topological polar surface area (TPSA) is 26.3 Å². The largest absolute Gasteiger partial charge is 0.422 e. The second-order valence-corrected chi connectivity index (χ2v) is 4.90. The molecule has 19 heavy (non-hydrogen) atoms. The zero-order valence-corrected chi connectivity index (χ0v) is 10.3. The third kappa shape index (κ3) is 1.46. The number of allylic oxidation sites excluding steroid dienone is 1. The van der Waals surface area contributed by atoms with Crippen LogP contribution in [0.1, 0.15) is 33.5 Å². The molecular formula is C17H12O2. The van der Waals surface area contributed by atoms with Crippen molar-refractivity contribution in [2.75, 3.05) is 0 Å². The Hall–Kier alpha value is -2.35. The van der Waals surface area contributed by atoms with Crippen molar-refractivity contribution < 1.29 is 9.53 Å². The van der Waals surface area contributed by atoms with Crippen LogP contribution >= 0.6 is 0 Å². The number of esters is 1. The molecule has 0 bridgehead atoms. The molecule has 2 nitrogen and oxygen atoms in total. The maximum absolute atomic E-state index is 11.9. The van der Waals surface area contributed by atoms with E-state index >= 15 is 0 Å². The normalized spacial score (nSPS) is 20.1. The number of aryl methyl sites for hydroxylation is 1. The molecule has 2 aromatic rings. The van der Waals surface area contributed by atoms with Crippen LogP contribution in [0.4, 0.5) is 0 Å². The Bertz CT molecular complexity index is 726. The molecule has 2 aromatic carbocycles. The monoisotopic (exact) mass is 248 g/mol. The van der Waals surface area contributed by atoms with E-state index in [9.17, 15) is 4.79 Å². The van der Waals surface area contributed by atoms with Gasteiger partial charge in [-0.3, -0.25) is 0 Å². The summed E-state index contributed by atoms with van der Waals surface area (Å²) in [7, 11) is 0. The van der Waals surface area contributed by atoms with Crippen LogP contribution in [-0.4, -0.2) is 5.97 Å². The van der Waals surface area contributed by atoms with E-state index in [0.717, 1.165) is 29.7 Å². The molecular weight excluding hydrogens is 236 g/mol. The van der Waals surface area contributed by atoms with Crippen LogP contribution in [0.25, 0.3) is 11.3 Å². The van der Waals surface area contributed by atoms with Crippen LogP contribution in [0, 0.1) is 0 Å². The number of fused-ring (bicyclic) bond motifs is 2. The predicted octanol–water partition coefficient (Wildman–Crippen LogP) is 3.67. The highest BCUT2D eigenvalue weighted by Gasteiger charge is 2.31. The van der Waals surface area contributed by atoms with Crippen molar-refractivity contribution in [3.63, 3.8) is 0 Å². The third-order valence-corrected chi connectivity index (χ3v) is 3.85. The van der Waals surface area contributed by atoms with Crippen molar-refractivity contribution in [2.24, 2.45) is 0 Å². The van der Waals surface area contributed by atoms with Gasteiger partial charge in [0, 0.05) is 11.1 Å². The van der Waals surface area contributed by atoms with E-state index in [1.165, 1.54) is 11.1 Å². The molecule has 0 atom stereocenters. The summed E-state index contributed by atoms with van der Waals surface area (Å²) in [6.07, 6.45) is 1.96. The number of carbonyl (C=O) groups excluding carboxylic acids is 1. The van der Waals surface area contributed by atoms with E-state index in [1.807, 2.05) is 30.3 Å². The number of rotatable bonds is 0. The lowest BCUT2D eigenvalue weighted by atomic mass is 10.0. The zero-order chi connectivity index (χ0) is 12.8. The van der Waals surface area contributed by atoms with Crippen LogP contribution in [0.3, 0.4) is 0 Å². The van der Waals surface area contributed by atoms with Crippen LogP contribution in [0.15, 0.2) is 48.5 Å². The number of cyclic esters (lactones) is 1. The fourth-order valence-electron chi connectivity index (χ4n) is 2.95. The summed E-state index contributed by atoms with van der Waals surface area (Å²) in [4.78, 5) is 11.9. The molecule has 0 radical (unpaired) electrons. The highest BCUT2D eigenvalue weighted by molar-refractivity contribution is 6.08. The summed E-state index contributed by atoms with van der Waals surface area (Å²) < 4.78 is 5.51. The van der Waals surface area contributed by atoms with E-state index in [1.54, 1.807) is 0 Å². The number of benzene rings is 2. The standard InChI is InChI=1S/C17H12O2/c18-17-15-8-4-3-7-13(15)16(19-17)14-10-9-11-5-1-2-6-12(11)14/h1-8H,9-10H2/b16-14-. The summed E-state index contributed by atoms with van der Waals surface area (Å²) in [6.45, 7) is 0. The first-order chi connectivity index (χ1) is 9.34. The molecule has 1 aliphatic carbocycles. The van der Waals surface area contributed by atoms with Gasteiger partial charge in [-0.15, -0.1) is 0 Å². The molecule has 0 saturated carbocycles. The Morgan fingerprint density at radius 2 is 1.47 bits per heavy atom. The van der Waals surface area contributed by atoms with E-state index < -0.39 is 0 Å². The summed E-state index contributed by atoms with van der Waals surface area (Å²) in [5, 5.41) is 0. The number of carbonyl (C=O) groups is 1. The SMILES string of the molecule is O=C1O/C(=C2/CCc3ccccc32)c2ccccc21. The molecule has 1 aliphatic heterocycles. The summed E-state index contributed by atoms with van der Waals surface area (Å²) in [6, 6.07) is 16.0. The van der Waals surface area contributed by atoms with E-state index in [4.69, 9.17) is 4.74 Å². The van der Waals surface area contributed by atoms with Gasteiger partial charge >= 0.3 is 5.97 Å². The van der Waals surface area contributed by atoms with E-state index in [-0.39, 0.29) is 5.97 Å². The Kier molecular flexibility index (Phi) is 2.12. The van der Waals surface area contributed by atoms with Gasteiger partial charge in [0.05, 0.1) is 5.56 Å². The first-order valence-electron chi connectivity index (χ1n) is 6.47. The summed E-state index contributed by atoms with van der Waals surface area (Å²) in [5.74, 6) is 0.521. The van der Waals surface area contributed by atoms with Crippen LogP contribution in [0.2, 0.25) is 0 Å². The lowest BCUT2D eigenvalue weighted by Gasteiger charge is -2.05. The Labute approximate surface area is 111 Å². The molecule has 4 rings (SSSR count). The first kappa shape index (κ1) is 10.6. The molecule has 0 saturated heterocycles. The minimum absolute atomic E-state index is 0.234. The van der Waals surface area contributed by atoms with Crippen molar-refractivity contribution in [1.82, 2.24) is 0 Å². The minimum atomic E-state index is -0.234. The van der Waals surface area contributed by atoms with Crippen molar-refractivity contribution >= 4 is 17.3 Å². The van der Waals surface area contributed by atoms with Gasteiger partial charge < -0.3 is 4.74 Å². The summed E-state index contributed by atoms with van der Waals surface area (Å²) >= 11 is 0. The third-order valence-electron chi connectivity index (χ3n) is 3.85. The Balaban J connectivity index is 1.96. The van der Waals surface area contributed by atoms with Gasteiger partial charge in [0.2, 0.25) is 0 Å². The Morgan fingerprint density at radius 3 is 2.32 bits per heavy atom. The molecule has 0 unspecified atom stereocenters. The smallest absolute Gasteiger partial charge is 0.344 e. The summed E-state index contributed by atoms with van der Waals surface area (Å²) in [5.41, 5.74) is 5.33. The predicted molar refractivity (Wildman–Crippen MR) is 73.4 cm³/mol. The van der Waals surface area contributed by atoms with Crippen molar-refractivity contribution in [3.05, 3.63) is 70.8 Å². The fourth-order valence-corrected chi connectivity index (χ4v) is 2.95. The molecule has 0 fully saturated rings. The molecule has 0 aromatic heterocycles. The van der Waals surface area contributed by atoms with E-state index in [0.29, 0.717) is 5.56 Å². The first-order valence-corrected chi connectivity index (χ1v) is 6.47. The second kappa shape index (κ2) is 3.82. The van der Waals surface area contributed by atoms with Gasteiger partial charge in [0.15, 0.2) is 0 Å². The van der Waals surface area contributed by atoms with Gasteiger partial charge in [-0.05, 0) is 30.0 Å². The van der Waals surface area contributed by atoms with Gasteiger partial charge in [0.25, 0.3) is 0 Å². The maximum atomic E-state index is 11.9. The van der Waals surface area contributed by atoms with Gasteiger partial charge in [-0.2, -0.15) is 0 Å². The number of hydrogen-bond acceptors (Lipinski definition) is 2. The average Bonchev–Trinajstić information content (AvgIpc) is 3.01. The molecule has 1 heterocycles. The highest BCUT2D eigenvalue weighted by Crippen LogP contribution is 2.41. The van der Waals surface area contributed by atoms with E-state index in [2.05, 4.69) is 18.2 Å². The maximum Gasteiger partial charge on any atom is 0.344 e. The van der Waals surface area contributed by atoms with Crippen LogP contribution in [0.5, 0.6) is 0 Å². The number of ether oxygens (including phenoxy) is 1. The molecule has 0 amide bonds. The molecule has 2 heteroatoms. The zero-order valence-electron chi connectivity index (χ0n) is 10.3. The van der Waals surface area contributed by atoms with Gasteiger partial charge in [0.1, 0.15) is 5.76 Å². The quantitative estimate of drug-likeness (QED) is 0.665. The van der Waals surface area contributed by atoms with Crippen LogP contribution < -0.4 is 0 Å². The van der Waals surface area contributed by atoms with Gasteiger partial charge in [-0.25, -0.2) is 4.79 Å². The average molecular weight is 248 g/mol. The fraction of sp³-hybridized carbons (Fsp3) is 0.118. The number of hydrogen-bond donors (Lipinski definition) is 0. The highest BCUT2D eigenvalue weighted by atomic mass is 16.5. The lowest BCUT2D eigenvalue weighted by molar-refractivity contribution is 0.0716. The van der Waals surface area contributed by atoms with Crippen molar-refractivity contribution in [2.45, 2.75) is 12.8 Å². The molecule has 0 N–H and O–H groups in total.